The fourth-order valence-electron chi connectivity index (χ4n) is 8.70. The lowest BCUT2D eigenvalue weighted by atomic mass is 9.99. The second-order valence-electron chi connectivity index (χ2n) is 19.0. The summed E-state index contributed by atoms with van der Waals surface area (Å²) in [6.45, 7) is 3.75. The maximum atomic E-state index is 13.0. The lowest BCUT2D eigenvalue weighted by Gasteiger charge is -2.40. The number of unbranched alkanes of at least 4 members (excludes halogenated alkanes) is 34. The van der Waals surface area contributed by atoms with E-state index in [0.29, 0.717) is 6.42 Å². The van der Waals surface area contributed by atoms with Gasteiger partial charge in [0.1, 0.15) is 24.4 Å². The second-order valence-corrected chi connectivity index (χ2v) is 19.0. The van der Waals surface area contributed by atoms with Gasteiger partial charge in [-0.2, -0.15) is 0 Å². The minimum absolute atomic E-state index is 0.184. The summed E-state index contributed by atoms with van der Waals surface area (Å²) in [5.74, 6) is -0.184. The maximum Gasteiger partial charge on any atom is 0.220 e. The van der Waals surface area contributed by atoms with Crippen LogP contribution in [0.5, 0.6) is 0 Å². The molecule has 0 aromatic heterocycles. The molecule has 1 aliphatic heterocycles. The second kappa shape index (κ2) is 44.5. The number of rotatable bonds is 46. The van der Waals surface area contributed by atoms with Crippen molar-refractivity contribution in [2.24, 2.45) is 0 Å². The third-order valence-corrected chi connectivity index (χ3v) is 13.0. The summed E-state index contributed by atoms with van der Waals surface area (Å²) in [6, 6.07) is -0.816. The van der Waals surface area contributed by atoms with Gasteiger partial charge in [-0.25, -0.2) is 0 Å². The highest BCUT2D eigenvalue weighted by molar-refractivity contribution is 5.76. The molecular formula is C54H103NO8. The molecule has 6 N–H and O–H groups in total. The molecule has 1 fully saturated rings. The molecule has 9 heteroatoms. The molecule has 1 heterocycles. The Morgan fingerprint density at radius 3 is 1.33 bits per heavy atom. The number of aliphatic hydroxyl groups excluding tert-OH is 5. The SMILES string of the molecule is CCCCCCC/C=C/CC/C=C/C(O)C(COC1OC(CO)C(O)C(O)C1O)NC(=O)CCCCCCCCCCCCCCCCCCCCCCCCCCCCCCC. The summed E-state index contributed by atoms with van der Waals surface area (Å²) >= 11 is 0. The van der Waals surface area contributed by atoms with Crippen molar-refractivity contribution in [2.45, 2.75) is 301 Å². The highest BCUT2D eigenvalue weighted by atomic mass is 16.7. The van der Waals surface area contributed by atoms with E-state index < -0.39 is 49.5 Å². The van der Waals surface area contributed by atoms with Crippen LogP contribution in [-0.4, -0.2) is 87.5 Å². The average Bonchev–Trinajstić information content (AvgIpc) is 3.28. The van der Waals surface area contributed by atoms with Crippen molar-refractivity contribution in [2.75, 3.05) is 13.2 Å². The predicted octanol–water partition coefficient (Wildman–Crippen LogP) is 12.6. The minimum atomic E-state index is -1.57. The van der Waals surface area contributed by atoms with E-state index in [1.54, 1.807) is 6.08 Å². The largest absolute Gasteiger partial charge is 0.394 e. The van der Waals surface area contributed by atoms with E-state index in [0.717, 1.165) is 38.5 Å². The topological polar surface area (TPSA) is 149 Å². The Bertz CT molecular complexity index is 1040. The first kappa shape index (κ1) is 59.7. The van der Waals surface area contributed by atoms with E-state index in [-0.39, 0.29) is 12.5 Å². The molecule has 1 aliphatic rings. The Kier molecular flexibility index (Phi) is 42.2. The van der Waals surface area contributed by atoms with Gasteiger partial charge in [0.15, 0.2) is 6.29 Å². The first-order valence-corrected chi connectivity index (χ1v) is 27.1. The molecule has 0 spiro atoms. The summed E-state index contributed by atoms with van der Waals surface area (Å²) in [5, 5.41) is 54.2. The number of carbonyl (C=O) groups excluding carboxylic acids is 1. The molecule has 63 heavy (non-hydrogen) atoms. The van der Waals surface area contributed by atoms with Crippen LogP contribution >= 0.6 is 0 Å². The number of carbonyl (C=O) groups is 1. The zero-order chi connectivity index (χ0) is 45.9. The first-order valence-electron chi connectivity index (χ1n) is 27.1. The summed E-state index contributed by atoms with van der Waals surface area (Å²) < 4.78 is 11.2. The zero-order valence-electron chi connectivity index (χ0n) is 41.1. The summed E-state index contributed by atoms with van der Waals surface area (Å²) in [6.07, 6.45) is 48.4. The fraction of sp³-hybridized carbons (Fsp3) is 0.907. The Balaban J connectivity index is 2.13. The fourth-order valence-corrected chi connectivity index (χ4v) is 8.70. The van der Waals surface area contributed by atoms with Gasteiger partial charge in [-0.05, 0) is 32.1 Å². The van der Waals surface area contributed by atoms with Crippen molar-refractivity contribution in [1.82, 2.24) is 5.32 Å². The van der Waals surface area contributed by atoms with Gasteiger partial charge in [0.25, 0.3) is 0 Å². The van der Waals surface area contributed by atoms with Crippen LogP contribution in [0.25, 0.3) is 0 Å². The monoisotopic (exact) mass is 894 g/mol. The number of aliphatic hydroxyl groups is 5. The normalized spacial score (nSPS) is 20.3. The number of amides is 1. The Morgan fingerprint density at radius 2 is 0.905 bits per heavy atom. The van der Waals surface area contributed by atoms with Crippen LogP contribution in [0.4, 0.5) is 0 Å². The van der Waals surface area contributed by atoms with Gasteiger partial charge < -0.3 is 40.3 Å². The van der Waals surface area contributed by atoms with E-state index >= 15 is 0 Å². The van der Waals surface area contributed by atoms with Gasteiger partial charge in [0.2, 0.25) is 5.91 Å². The molecule has 0 aromatic carbocycles. The number of hydrogen-bond acceptors (Lipinski definition) is 8. The molecule has 7 atom stereocenters. The van der Waals surface area contributed by atoms with Gasteiger partial charge in [-0.1, -0.05) is 244 Å². The molecule has 7 unspecified atom stereocenters. The molecule has 372 valence electrons. The van der Waals surface area contributed by atoms with Crippen LogP contribution in [-0.2, 0) is 14.3 Å². The van der Waals surface area contributed by atoms with E-state index in [2.05, 4.69) is 31.3 Å². The number of nitrogens with one attached hydrogen (secondary N) is 1. The summed E-state index contributed by atoms with van der Waals surface area (Å²) in [7, 11) is 0. The zero-order valence-corrected chi connectivity index (χ0v) is 41.1. The van der Waals surface area contributed by atoms with Crippen molar-refractivity contribution in [3.05, 3.63) is 24.3 Å². The van der Waals surface area contributed by atoms with E-state index in [4.69, 9.17) is 9.47 Å². The summed E-state index contributed by atoms with van der Waals surface area (Å²) in [4.78, 5) is 13.0. The molecule has 9 nitrogen and oxygen atoms in total. The average molecular weight is 894 g/mol. The van der Waals surface area contributed by atoms with Crippen molar-refractivity contribution in [3.8, 4) is 0 Å². The predicted molar refractivity (Wildman–Crippen MR) is 263 cm³/mol. The van der Waals surface area contributed by atoms with Gasteiger partial charge in [-0.15, -0.1) is 0 Å². The van der Waals surface area contributed by atoms with Gasteiger partial charge >= 0.3 is 0 Å². The van der Waals surface area contributed by atoms with E-state index in [1.165, 1.54) is 199 Å². The van der Waals surface area contributed by atoms with Crippen LogP contribution in [0.15, 0.2) is 24.3 Å². The molecule has 1 saturated heterocycles. The molecule has 1 rings (SSSR count). The smallest absolute Gasteiger partial charge is 0.220 e. The standard InChI is InChI=1S/C54H103NO8/c1-3-5-7-9-11-13-15-16-17-18-19-20-21-22-23-24-25-26-27-28-29-30-31-32-34-36-38-40-42-44-50(58)55-47(46-62-54-53(61)52(60)51(59)49(45-56)63-54)48(57)43-41-39-37-35-33-14-12-10-8-6-4-2/h33,35,41,43,47-49,51-54,56-57,59-61H,3-32,34,36-40,42,44-46H2,1-2H3,(H,55,58)/b35-33+,43-41+. The van der Waals surface area contributed by atoms with Gasteiger partial charge in [-0.3, -0.25) is 4.79 Å². The van der Waals surface area contributed by atoms with E-state index in [9.17, 15) is 30.3 Å². The molecule has 1 amide bonds. The van der Waals surface area contributed by atoms with Crippen molar-refractivity contribution < 1.29 is 39.8 Å². The van der Waals surface area contributed by atoms with Crippen LogP contribution < -0.4 is 5.32 Å². The molecular weight excluding hydrogens is 791 g/mol. The molecule has 0 bridgehead atoms. The quantitative estimate of drug-likeness (QED) is 0.0261. The maximum absolute atomic E-state index is 13.0. The van der Waals surface area contributed by atoms with Gasteiger partial charge in [0.05, 0.1) is 25.4 Å². The van der Waals surface area contributed by atoms with Crippen molar-refractivity contribution in [3.63, 3.8) is 0 Å². The number of allylic oxidation sites excluding steroid dienone is 3. The molecule has 0 saturated carbocycles. The lowest BCUT2D eigenvalue weighted by Crippen LogP contribution is -2.60. The van der Waals surface area contributed by atoms with Crippen LogP contribution in [0.3, 0.4) is 0 Å². The third-order valence-electron chi connectivity index (χ3n) is 13.0. The number of ether oxygens (including phenoxy) is 2. The highest BCUT2D eigenvalue weighted by Gasteiger charge is 2.44. The molecule has 0 aliphatic carbocycles. The van der Waals surface area contributed by atoms with E-state index in [1.807, 2.05) is 6.08 Å². The van der Waals surface area contributed by atoms with Gasteiger partial charge in [0, 0.05) is 6.42 Å². The third kappa shape index (κ3) is 34.6. The number of hydrogen-bond donors (Lipinski definition) is 6. The highest BCUT2D eigenvalue weighted by Crippen LogP contribution is 2.23. The Labute approximate surface area is 388 Å². The molecule has 0 aromatic rings. The van der Waals surface area contributed by atoms with Crippen LogP contribution in [0, 0.1) is 0 Å². The first-order chi connectivity index (χ1) is 30.8. The Morgan fingerprint density at radius 1 is 0.524 bits per heavy atom. The summed E-state index contributed by atoms with van der Waals surface area (Å²) in [5.41, 5.74) is 0. The lowest BCUT2D eigenvalue weighted by molar-refractivity contribution is -0.302. The Hall–Kier alpha value is -1.33. The van der Waals surface area contributed by atoms with Crippen LogP contribution in [0.1, 0.15) is 258 Å². The van der Waals surface area contributed by atoms with Crippen molar-refractivity contribution in [1.29, 1.82) is 0 Å². The molecule has 0 radical (unpaired) electrons. The minimum Gasteiger partial charge on any atom is -0.394 e. The van der Waals surface area contributed by atoms with Crippen molar-refractivity contribution >= 4 is 5.91 Å². The van der Waals surface area contributed by atoms with Crippen LogP contribution in [0.2, 0.25) is 0 Å².